The number of benzene rings is 2. The van der Waals surface area contributed by atoms with E-state index in [-0.39, 0.29) is 17.7 Å². The summed E-state index contributed by atoms with van der Waals surface area (Å²) >= 11 is 0. The fourth-order valence-corrected chi connectivity index (χ4v) is 8.55. The van der Waals surface area contributed by atoms with Gasteiger partial charge in [0.15, 0.2) is 0 Å². The lowest BCUT2D eigenvalue weighted by atomic mass is 9.76. The van der Waals surface area contributed by atoms with Crippen molar-refractivity contribution in [3.05, 3.63) is 62.7 Å². The molecule has 0 spiro atoms. The van der Waals surface area contributed by atoms with E-state index in [1.165, 1.54) is 102 Å². The quantitative estimate of drug-likeness (QED) is 0.465. The second-order valence-corrected chi connectivity index (χ2v) is 12.6. The molecule has 6 nitrogen and oxygen atoms in total. The third-order valence-electron chi connectivity index (χ3n) is 10.2. The first-order valence-corrected chi connectivity index (χ1v) is 15.8. The molecule has 6 heteroatoms. The molecule has 0 saturated heterocycles. The van der Waals surface area contributed by atoms with E-state index in [4.69, 9.17) is 10.5 Å². The van der Waals surface area contributed by atoms with Crippen molar-refractivity contribution in [2.24, 2.45) is 17.6 Å². The largest absolute Gasteiger partial charge is 0.455 e. The summed E-state index contributed by atoms with van der Waals surface area (Å²) in [6.45, 7) is 5.68. The third-order valence-corrected chi connectivity index (χ3v) is 10.2. The zero-order valence-electron chi connectivity index (χ0n) is 23.6. The molecule has 1 amide bonds. The molecule has 6 aliphatic rings. The number of allylic oxidation sites excluding steroid dienone is 1. The average molecular weight is 538 g/mol. The van der Waals surface area contributed by atoms with Crippen LogP contribution in [0.3, 0.4) is 0 Å². The second kappa shape index (κ2) is 9.76. The minimum absolute atomic E-state index is 0.0707. The summed E-state index contributed by atoms with van der Waals surface area (Å²) in [5.74, 6) is 2.58. The monoisotopic (exact) mass is 537 g/mol. The Hall–Kier alpha value is -3.12. The Bertz CT molecular complexity index is 1570. The van der Waals surface area contributed by atoms with Crippen LogP contribution in [0.5, 0.6) is 11.5 Å². The van der Waals surface area contributed by atoms with E-state index < -0.39 is 0 Å². The number of hydrogen-bond donors (Lipinski definition) is 2. The van der Waals surface area contributed by atoms with Crippen LogP contribution in [0.2, 0.25) is 0 Å². The van der Waals surface area contributed by atoms with Crippen molar-refractivity contribution in [2.75, 3.05) is 44.2 Å². The van der Waals surface area contributed by atoms with Gasteiger partial charge in [-0.25, -0.2) is 4.58 Å². The molecule has 5 heterocycles. The van der Waals surface area contributed by atoms with Gasteiger partial charge < -0.3 is 20.7 Å². The van der Waals surface area contributed by atoms with Crippen molar-refractivity contribution in [1.29, 1.82) is 0 Å². The van der Waals surface area contributed by atoms with Crippen LogP contribution >= 0.6 is 0 Å². The van der Waals surface area contributed by atoms with Gasteiger partial charge in [0.05, 0.1) is 11.5 Å². The van der Waals surface area contributed by atoms with Crippen molar-refractivity contribution in [3.8, 4) is 11.5 Å². The summed E-state index contributed by atoms with van der Waals surface area (Å²) in [7, 11) is 0. The molecule has 3 N–H and O–H groups in total. The third kappa shape index (κ3) is 3.78. The van der Waals surface area contributed by atoms with Crippen LogP contribution in [0.1, 0.15) is 66.3 Å². The zero-order chi connectivity index (χ0) is 26.8. The minimum atomic E-state index is -0.0707. The highest BCUT2D eigenvalue weighted by molar-refractivity contribution is 5.85. The number of fused-ring (bicyclic) bond motifs is 4. The number of rotatable bonds is 4. The minimum Gasteiger partial charge on any atom is -0.455 e. The number of hydrogen-bond acceptors (Lipinski definition) is 4. The van der Waals surface area contributed by atoms with Gasteiger partial charge in [0.25, 0.3) is 0 Å². The molecule has 0 fully saturated rings. The van der Waals surface area contributed by atoms with Gasteiger partial charge in [-0.15, -0.1) is 0 Å². The van der Waals surface area contributed by atoms with E-state index in [2.05, 4.69) is 39.1 Å². The van der Waals surface area contributed by atoms with E-state index in [1.807, 2.05) is 0 Å². The number of amides is 1. The predicted molar refractivity (Wildman–Crippen MR) is 159 cm³/mol. The Balaban J connectivity index is 1.35. The van der Waals surface area contributed by atoms with Crippen LogP contribution in [0.4, 0.5) is 5.69 Å². The van der Waals surface area contributed by atoms with Crippen LogP contribution in [-0.2, 0) is 30.5 Å². The summed E-state index contributed by atoms with van der Waals surface area (Å²) in [4.78, 5) is 15.4. The SMILES string of the molecule is NCCNC(=O)C1C=CC(C2=c3cc4c5c(c3Oc3c2cc2c6c3CCCN6CCC2)CCC[N+]=5CCC4)CC1. The van der Waals surface area contributed by atoms with Gasteiger partial charge in [0.2, 0.25) is 11.3 Å². The highest BCUT2D eigenvalue weighted by Crippen LogP contribution is 2.49. The first kappa shape index (κ1) is 24.7. The number of nitrogens with two attached hydrogens (primary N) is 1. The molecule has 2 atom stereocenters. The number of nitrogens with zero attached hydrogens (tertiary/aromatic N) is 2. The molecular formula is C34H41N4O2+. The lowest BCUT2D eigenvalue weighted by Gasteiger charge is -2.40. The van der Waals surface area contributed by atoms with E-state index in [9.17, 15) is 4.79 Å². The van der Waals surface area contributed by atoms with Crippen LogP contribution in [0.25, 0.3) is 5.57 Å². The maximum atomic E-state index is 12.7. The standard InChI is InChI=1S/C34H40N4O2/c35-13-14-36-34(39)22-11-9-21(10-12-22)29-27-19-23-5-1-15-37-17-3-7-25(30(23)37)32(27)40-33-26-8-4-18-38-16-2-6-24(31(26)38)20-28(29)33/h9,11,19-22H,1-8,10,12-18,35H2/p+1. The fraction of sp³-hybridized carbons (Fsp3) is 0.529. The molecule has 0 saturated carbocycles. The van der Waals surface area contributed by atoms with E-state index in [0.717, 1.165) is 50.0 Å². The molecule has 0 radical (unpaired) electrons. The summed E-state index contributed by atoms with van der Waals surface area (Å²) < 4.78 is 9.79. The molecule has 5 aliphatic heterocycles. The summed E-state index contributed by atoms with van der Waals surface area (Å²) in [5.41, 5.74) is 15.8. The number of carbonyl (C=O) groups is 1. The molecule has 40 heavy (non-hydrogen) atoms. The van der Waals surface area contributed by atoms with Gasteiger partial charge in [0, 0.05) is 72.5 Å². The van der Waals surface area contributed by atoms with Crippen molar-refractivity contribution in [2.45, 2.75) is 64.2 Å². The normalized spacial score (nSPS) is 24.0. The summed E-state index contributed by atoms with van der Waals surface area (Å²) in [5, 5.41) is 5.79. The van der Waals surface area contributed by atoms with Crippen molar-refractivity contribution in [3.63, 3.8) is 0 Å². The molecular weight excluding hydrogens is 496 g/mol. The maximum absolute atomic E-state index is 12.7. The van der Waals surface area contributed by atoms with Gasteiger partial charge in [-0.3, -0.25) is 4.79 Å². The van der Waals surface area contributed by atoms with Gasteiger partial charge in [-0.1, -0.05) is 12.2 Å². The van der Waals surface area contributed by atoms with Gasteiger partial charge in [0.1, 0.15) is 24.6 Å². The molecule has 2 aromatic carbocycles. The van der Waals surface area contributed by atoms with Crippen molar-refractivity contribution >= 4 is 17.2 Å². The molecule has 0 aromatic heterocycles. The Kier molecular flexibility index (Phi) is 6.02. The number of anilines is 1. The number of carbonyl (C=O) groups excluding carboxylic acids is 1. The highest BCUT2D eigenvalue weighted by atomic mass is 16.5. The number of aryl methyl sites for hydroxylation is 2. The Morgan fingerprint density at radius 3 is 2.58 bits per heavy atom. The van der Waals surface area contributed by atoms with E-state index >= 15 is 0 Å². The maximum Gasteiger partial charge on any atom is 0.226 e. The van der Waals surface area contributed by atoms with Gasteiger partial charge in [-0.2, -0.15) is 0 Å². The van der Waals surface area contributed by atoms with Crippen molar-refractivity contribution in [1.82, 2.24) is 9.89 Å². The van der Waals surface area contributed by atoms with Crippen LogP contribution < -0.4 is 35.8 Å². The molecule has 2 aromatic rings. The number of nitrogens with one attached hydrogen (secondary N) is 1. The fourth-order valence-electron chi connectivity index (χ4n) is 8.55. The van der Waals surface area contributed by atoms with Crippen LogP contribution in [-0.4, -0.2) is 45.2 Å². The van der Waals surface area contributed by atoms with Gasteiger partial charge >= 0.3 is 0 Å². The zero-order valence-corrected chi connectivity index (χ0v) is 23.6. The highest BCUT2D eigenvalue weighted by Gasteiger charge is 2.37. The molecule has 8 rings (SSSR count). The smallest absolute Gasteiger partial charge is 0.226 e. The molecule has 1 aliphatic carbocycles. The molecule has 208 valence electrons. The molecule has 2 unspecified atom stereocenters. The Morgan fingerprint density at radius 1 is 0.950 bits per heavy atom. The Labute approximate surface area is 236 Å². The lowest BCUT2D eigenvalue weighted by molar-refractivity contribution is -0.123. The lowest BCUT2D eigenvalue weighted by Crippen LogP contribution is -2.45. The Morgan fingerprint density at radius 2 is 1.75 bits per heavy atom. The van der Waals surface area contributed by atoms with E-state index in [0.29, 0.717) is 13.1 Å². The topological polar surface area (TPSA) is 70.6 Å². The summed E-state index contributed by atoms with van der Waals surface area (Å²) in [6, 6.07) is 4.99. The second-order valence-electron chi connectivity index (χ2n) is 12.6. The predicted octanol–water partition coefficient (Wildman–Crippen LogP) is 2.73. The molecule has 0 bridgehead atoms. The number of ether oxygens (including phenoxy) is 1. The van der Waals surface area contributed by atoms with Crippen molar-refractivity contribution < 1.29 is 9.53 Å². The first-order valence-electron chi connectivity index (χ1n) is 15.8. The van der Waals surface area contributed by atoms with Crippen LogP contribution in [0.15, 0.2) is 24.3 Å². The van der Waals surface area contributed by atoms with Crippen LogP contribution in [0, 0.1) is 11.8 Å². The van der Waals surface area contributed by atoms with Gasteiger partial charge in [-0.05, 0) is 74.6 Å². The van der Waals surface area contributed by atoms with E-state index in [1.54, 1.807) is 0 Å². The average Bonchev–Trinajstić information content (AvgIpc) is 3.00. The first-order chi connectivity index (χ1) is 19.7. The summed E-state index contributed by atoms with van der Waals surface area (Å²) in [6.07, 6.45) is 15.7.